The molecule has 0 aliphatic carbocycles. The standard InChI is InChI=1S/C9H15N3OS.ClH/c1-5-4-11-9(14-5)7(3)12-8(13)6(2)10;/h4,6-7H,10H2,1-3H3,(H,12,13);1H. The Labute approximate surface area is 99.7 Å². The maximum atomic E-state index is 11.3. The average Bonchev–Trinajstić information content (AvgIpc) is 2.51. The fourth-order valence-electron chi connectivity index (χ4n) is 0.979. The number of hydrogen-bond acceptors (Lipinski definition) is 4. The second-order valence-corrected chi connectivity index (χ2v) is 4.59. The van der Waals surface area contributed by atoms with Gasteiger partial charge in [-0.05, 0) is 20.8 Å². The molecule has 6 heteroatoms. The fraction of sp³-hybridized carbons (Fsp3) is 0.556. The SMILES string of the molecule is Cc1cnc(C(C)NC(=O)C(C)N)s1.Cl. The molecule has 2 atom stereocenters. The lowest BCUT2D eigenvalue weighted by molar-refractivity contribution is -0.122. The van der Waals surface area contributed by atoms with Gasteiger partial charge in [0.15, 0.2) is 0 Å². The van der Waals surface area contributed by atoms with Crippen molar-refractivity contribution in [1.82, 2.24) is 10.3 Å². The Morgan fingerprint density at radius 3 is 2.60 bits per heavy atom. The Morgan fingerprint density at radius 1 is 1.60 bits per heavy atom. The number of aryl methyl sites for hydroxylation is 1. The molecule has 0 fully saturated rings. The van der Waals surface area contributed by atoms with Crippen LogP contribution >= 0.6 is 23.7 Å². The van der Waals surface area contributed by atoms with Crippen molar-refractivity contribution >= 4 is 29.7 Å². The molecule has 0 spiro atoms. The van der Waals surface area contributed by atoms with Gasteiger partial charge in [0.1, 0.15) is 5.01 Å². The zero-order chi connectivity index (χ0) is 10.7. The molecule has 1 aromatic heterocycles. The van der Waals surface area contributed by atoms with Crippen LogP contribution < -0.4 is 11.1 Å². The van der Waals surface area contributed by atoms with Gasteiger partial charge in [-0.1, -0.05) is 0 Å². The Balaban J connectivity index is 0.00000196. The number of amides is 1. The highest BCUT2D eigenvalue weighted by Crippen LogP contribution is 2.18. The number of carbonyl (C=O) groups excluding carboxylic acids is 1. The Morgan fingerprint density at radius 2 is 2.20 bits per heavy atom. The van der Waals surface area contributed by atoms with Crippen molar-refractivity contribution < 1.29 is 4.79 Å². The van der Waals surface area contributed by atoms with Crippen molar-refractivity contribution in [3.05, 3.63) is 16.1 Å². The lowest BCUT2D eigenvalue weighted by Crippen LogP contribution is -2.39. The molecule has 0 radical (unpaired) electrons. The van der Waals surface area contributed by atoms with Crippen molar-refractivity contribution in [3.63, 3.8) is 0 Å². The van der Waals surface area contributed by atoms with Gasteiger partial charge >= 0.3 is 0 Å². The van der Waals surface area contributed by atoms with E-state index in [4.69, 9.17) is 5.73 Å². The minimum atomic E-state index is -0.474. The van der Waals surface area contributed by atoms with Crippen LogP contribution in [0.1, 0.15) is 29.8 Å². The summed E-state index contributed by atoms with van der Waals surface area (Å²) in [6.07, 6.45) is 1.80. The number of aromatic nitrogens is 1. The summed E-state index contributed by atoms with van der Waals surface area (Å²) in [5.41, 5.74) is 5.44. The Bertz CT molecular complexity index is 327. The summed E-state index contributed by atoms with van der Waals surface area (Å²) in [5.74, 6) is -0.148. The van der Waals surface area contributed by atoms with Gasteiger partial charge in [0.05, 0.1) is 12.1 Å². The first kappa shape index (κ1) is 14.3. The van der Waals surface area contributed by atoms with Crippen LogP contribution in [-0.2, 0) is 4.79 Å². The smallest absolute Gasteiger partial charge is 0.237 e. The highest BCUT2D eigenvalue weighted by Gasteiger charge is 2.14. The van der Waals surface area contributed by atoms with Crippen LogP contribution in [0.15, 0.2) is 6.20 Å². The van der Waals surface area contributed by atoms with E-state index in [-0.39, 0.29) is 24.4 Å². The lowest BCUT2D eigenvalue weighted by Gasteiger charge is -2.12. The van der Waals surface area contributed by atoms with E-state index in [1.807, 2.05) is 13.8 Å². The number of nitrogens with one attached hydrogen (secondary N) is 1. The summed E-state index contributed by atoms with van der Waals surface area (Å²) < 4.78 is 0. The van der Waals surface area contributed by atoms with Crippen LogP contribution in [-0.4, -0.2) is 16.9 Å². The Hall–Kier alpha value is -0.650. The number of nitrogens with two attached hydrogens (primary N) is 1. The van der Waals surface area contributed by atoms with Crippen LogP contribution in [0.4, 0.5) is 0 Å². The maximum absolute atomic E-state index is 11.3. The molecule has 3 N–H and O–H groups in total. The van der Waals surface area contributed by atoms with Gasteiger partial charge in [-0.3, -0.25) is 4.79 Å². The first-order valence-corrected chi connectivity index (χ1v) is 5.30. The van der Waals surface area contributed by atoms with Gasteiger partial charge in [-0.2, -0.15) is 0 Å². The van der Waals surface area contributed by atoms with Crippen molar-refractivity contribution in [2.24, 2.45) is 5.73 Å². The maximum Gasteiger partial charge on any atom is 0.237 e. The molecular weight excluding hydrogens is 234 g/mol. The van der Waals surface area contributed by atoms with Crippen LogP contribution in [0, 0.1) is 6.92 Å². The number of rotatable bonds is 3. The van der Waals surface area contributed by atoms with Crippen molar-refractivity contribution in [2.45, 2.75) is 32.9 Å². The number of thiazole rings is 1. The second kappa shape index (κ2) is 6.05. The molecule has 4 nitrogen and oxygen atoms in total. The van der Waals surface area contributed by atoms with Gasteiger partial charge in [0.2, 0.25) is 5.91 Å². The zero-order valence-electron chi connectivity index (χ0n) is 8.98. The highest BCUT2D eigenvalue weighted by atomic mass is 35.5. The summed E-state index contributed by atoms with van der Waals surface area (Å²) in [6.45, 7) is 5.55. The molecule has 1 heterocycles. The molecule has 0 saturated heterocycles. The predicted octanol–water partition coefficient (Wildman–Crippen LogP) is 1.40. The minimum Gasteiger partial charge on any atom is -0.346 e. The third kappa shape index (κ3) is 4.15. The molecule has 15 heavy (non-hydrogen) atoms. The molecule has 0 saturated carbocycles. The molecule has 2 unspecified atom stereocenters. The molecule has 0 bridgehead atoms. The monoisotopic (exact) mass is 249 g/mol. The summed E-state index contributed by atoms with van der Waals surface area (Å²) in [4.78, 5) is 16.6. The average molecular weight is 250 g/mol. The summed E-state index contributed by atoms with van der Waals surface area (Å²) in [6, 6.07) is -0.536. The van der Waals surface area contributed by atoms with E-state index in [0.717, 1.165) is 9.88 Å². The van der Waals surface area contributed by atoms with Gasteiger partial charge < -0.3 is 11.1 Å². The third-order valence-electron chi connectivity index (χ3n) is 1.78. The topological polar surface area (TPSA) is 68.0 Å². The van der Waals surface area contributed by atoms with Gasteiger partial charge in [0, 0.05) is 11.1 Å². The molecular formula is C9H16ClN3OS. The first-order chi connectivity index (χ1) is 6.50. The van der Waals surface area contributed by atoms with E-state index < -0.39 is 6.04 Å². The van der Waals surface area contributed by atoms with Gasteiger partial charge in [-0.15, -0.1) is 23.7 Å². The second-order valence-electron chi connectivity index (χ2n) is 3.33. The summed E-state index contributed by atoms with van der Waals surface area (Å²) >= 11 is 1.58. The first-order valence-electron chi connectivity index (χ1n) is 4.49. The fourth-order valence-corrected chi connectivity index (χ4v) is 1.76. The van der Waals surface area contributed by atoms with E-state index in [0.29, 0.717) is 0 Å². The minimum absolute atomic E-state index is 0. The van der Waals surface area contributed by atoms with Crippen molar-refractivity contribution in [1.29, 1.82) is 0 Å². The molecule has 1 rings (SSSR count). The van der Waals surface area contributed by atoms with Crippen LogP contribution in [0.25, 0.3) is 0 Å². The van der Waals surface area contributed by atoms with Gasteiger partial charge in [-0.25, -0.2) is 4.98 Å². The number of halogens is 1. The molecule has 1 amide bonds. The van der Waals surface area contributed by atoms with Crippen molar-refractivity contribution in [2.75, 3.05) is 0 Å². The predicted molar refractivity (Wildman–Crippen MR) is 64.3 cm³/mol. The molecule has 0 aliphatic rings. The molecule has 1 aromatic rings. The van der Waals surface area contributed by atoms with Crippen LogP contribution in [0.5, 0.6) is 0 Å². The summed E-state index contributed by atoms with van der Waals surface area (Å²) in [5, 5.41) is 3.71. The Kier molecular flexibility index (Phi) is 5.79. The van der Waals surface area contributed by atoms with E-state index >= 15 is 0 Å². The summed E-state index contributed by atoms with van der Waals surface area (Å²) in [7, 11) is 0. The van der Waals surface area contributed by atoms with E-state index in [1.165, 1.54) is 0 Å². The zero-order valence-corrected chi connectivity index (χ0v) is 10.6. The third-order valence-corrected chi connectivity index (χ3v) is 2.88. The molecule has 0 aromatic carbocycles. The van der Waals surface area contributed by atoms with E-state index in [9.17, 15) is 4.79 Å². The lowest BCUT2D eigenvalue weighted by atomic mass is 10.3. The molecule has 0 aliphatic heterocycles. The van der Waals surface area contributed by atoms with Crippen LogP contribution in [0.2, 0.25) is 0 Å². The van der Waals surface area contributed by atoms with Gasteiger partial charge in [0.25, 0.3) is 0 Å². The largest absolute Gasteiger partial charge is 0.346 e. The number of carbonyl (C=O) groups is 1. The van der Waals surface area contributed by atoms with E-state index in [1.54, 1.807) is 24.5 Å². The molecule has 86 valence electrons. The van der Waals surface area contributed by atoms with Crippen LogP contribution in [0.3, 0.4) is 0 Å². The normalized spacial score (nSPS) is 13.9. The number of nitrogens with zero attached hydrogens (tertiary/aromatic N) is 1. The number of hydrogen-bond donors (Lipinski definition) is 2. The van der Waals surface area contributed by atoms with E-state index in [2.05, 4.69) is 10.3 Å². The van der Waals surface area contributed by atoms with Crippen molar-refractivity contribution in [3.8, 4) is 0 Å². The quantitative estimate of drug-likeness (QED) is 0.851. The highest BCUT2D eigenvalue weighted by molar-refractivity contribution is 7.11.